The van der Waals surface area contributed by atoms with Crippen molar-refractivity contribution in [1.82, 2.24) is 20.1 Å². The van der Waals surface area contributed by atoms with Crippen LogP contribution >= 0.6 is 11.6 Å². The Labute approximate surface area is 138 Å². The molecule has 1 saturated carbocycles. The fourth-order valence-electron chi connectivity index (χ4n) is 3.22. The van der Waals surface area contributed by atoms with Gasteiger partial charge in [0.05, 0.1) is 11.7 Å². The van der Waals surface area contributed by atoms with Crippen molar-refractivity contribution in [1.29, 1.82) is 0 Å². The number of aromatic nitrogens is 3. The Morgan fingerprint density at radius 2 is 2.26 bits per heavy atom. The summed E-state index contributed by atoms with van der Waals surface area (Å²) in [6, 6.07) is 7.37. The monoisotopic (exact) mass is 328 g/mol. The lowest BCUT2D eigenvalue weighted by Crippen LogP contribution is -2.36. The molecule has 23 heavy (non-hydrogen) atoms. The van der Waals surface area contributed by atoms with E-state index in [1.165, 1.54) is 0 Å². The summed E-state index contributed by atoms with van der Waals surface area (Å²) in [5.41, 5.74) is 2.20. The van der Waals surface area contributed by atoms with E-state index in [-0.39, 0.29) is 11.4 Å². The molecule has 2 atom stereocenters. The Bertz CT molecular complexity index is 912. The van der Waals surface area contributed by atoms with Crippen LogP contribution < -0.4 is 5.32 Å². The van der Waals surface area contributed by atoms with Crippen molar-refractivity contribution in [2.24, 2.45) is 13.0 Å². The van der Waals surface area contributed by atoms with E-state index in [1.54, 1.807) is 4.68 Å². The van der Waals surface area contributed by atoms with Crippen LogP contribution in [-0.2, 0) is 12.6 Å². The van der Waals surface area contributed by atoms with E-state index in [4.69, 9.17) is 11.6 Å². The maximum Gasteiger partial charge on any atom is 0.268 e. The fourth-order valence-corrected chi connectivity index (χ4v) is 3.40. The molecule has 118 valence electrons. The van der Waals surface area contributed by atoms with Gasteiger partial charge in [-0.05, 0) is 36.6 Å². The Kier molecular flexibility index (Phi) is 3.03. The molecule has 2 heterocycles. The van der Waals surface area contributed by atoms with E-state index in [2.05, 4.69) is 22.3 Å². The zero-order chi connectivity index (χ0) is 16.2. The van der Waals surface area contributed by atoms with Crippen LogP contribution in [-0.4, -0.2) is 20.7 Å². The number of nitrogens with zero attached hydrogens (tertiary/aromatic N) is 2. The summed E-state index contributed by atoms with van der Waals surface area (Å²) in [5.74, 6) is 0.292. The number of carbonyl (C=O) groups excluding carboxylic acids is 1. The van der Waals surface area contributed by atoms with E-state index in [0.29, 0.717) is 16.6 Å². The Balaban J connectivity index is 1.63. The smallest absolute Gasteiger partial charge is 0.268 e. The molecule has 0 unspecified atom stereocenters. The van der Waals surface area contributed by atoms with Crippen molar-refractivity contribution in [3.05, 3.63) is 52.9 Å². The van der Waals surface area contributed by atoms with E-state index in [0.717, 1.165) is 22.9 Å². The standard InChI is InChI=1S/C17H17ClN4O/c1-10-7-17(10,12-8-19-22(2)9-12)21-16(23)15-6-11-5-13(18)3-4-14(11)20-15/h3-6,8-10,20H,7H2,1-2H3,(H,21,23)/t10-,17+/m0/s1. The normalized spacial score (nSPS) is 23.2. The summed E-state index contributed by atoms with van der Waals surface area (Å²) in [6.07, 6.45) is 4.72. The third-order valence-corrected chi connectivity index (χ3v) is 4.93. The van der Waals surface area contributed by atoms with E-state index >= 15 is 0 Å². The number of hydrogen-bond acceptors (Lipinski definition) is 2. The maximum absolute atomic E-state index is 12.7. The first kappa shape index (κ1) is 14.3. The van der Waals surface area contributed by atoms with Gasteiger partial charge in [-0.25, -0.2) is 0 Å². The molecule has 1 fully saturated rings. The summed E-state index contributed by atoms with van der Waals surface area (Å²) in [4.78, 5) is 15.8. The first-order chi connectivity index (χ1) is 11.0. The van der Waals surface area contributed by atoms with Gasteiger partial charge in [0.25, 0.3) is 5.91 Å². The molecule has 3 aromatic rings. The number of H-pyrrole nitrogens is 1. The molecule has 5 nitrogen and oxygen atoms in total. The number of rotatable bonds is 3. The van der Waals surface area contributed by atoms with Gasteiger partial charge in [-0.2, -0.15) is 5.10 Å². The highest BCUT2D eigenvalue weighted by Gasteiger charge is 2.54. The summed E-state index contributed by atoms with van der Waals surface area (Å²) in [6.45, 7) is 2.14. The quantitative estimate of drug-likeness (QED) is 0.775. The molecule has 0 saturated heterocycles. The van der Waals surface area contributed by atoms with Gasteiger partial charge in [0, 0.05) is 34.7 Å². The molecule has 2 aromatic heterocycles. The topological polar surface area (TPSA) is 62.7 Å². The summed E-state index contributed by atoms with van der Waals surface area (Å²) >= 11 is 6.00. The summed E-state index contributed by atoms with van der Waals surface area (Å²) in [5, 5.41) is 9.00. The molecular formula is C17H17ClN4O. The minimum absolute atomic E-state index is 0.106. The van der Waals surface area contributed by atoms with Crippen LogP contribution in [0.3, 0.4) is 0 Å². The summed E-state index contributed by atoms with van der Waals surface area (Å²) < 4.78 is 1.76. The fraction of sp³-hybridized carbons (Fsp3) is 0.294. The molecule has 1 aromatic carbocycles. The van der Waals surface area contributed by atoms with Gasteiger partial charge < -0.3 is 10.3 Å². The lowest BCUT2D eigenvalue weighted by molar-refractivity contribution is 0.0923. The van der Waals surface area contributed by atoms with E-state index in [9.17, 15) is 4.79 Å². The molecule has 1 aliphatic carbocycles. The highest BCUT2D eigenvalue weighted by molar-refractivity contribution is 6.31. The molecule has 1 amide bonds. The van der Waals surface area contributed by atoms with Gasteiger partial charge in [0.2, 0.25) is 0 Å². The van der Waals surface area contributed by atoms with Crippen molar-refractivity contribution >= 4 is 28.4 Å². The molecular weight excluding hydrogens is 312 g/mol. The van der Waals surface area contributed by atoms with Crippen LogP contribution in [0.15, 0.2) is 36.7 Å². The van der Waals surface area contributed by atoms with Crippen LogP contribution in [0.2, 0.25) is 5.02 Å². The van der Waals surface area contributed by atoms with Gasteiger partial charge in [-0.3, -0.25) is 9.48 Å². The van der Waals surface area contributed by atoms with Crippen molar-refractivity contribution in [2.75, 3.05) is 0 Å². The average Bonchev–Trinajstić information content (AvgIpc) is 2.90. The highest BCUT2D eigenvalue weighted by atomic mass is 35.5. The van der Waals surface area contributed by atoms with Crippen molar-refractivity contribution in [2.45, 2.75) is 18.9 Å². The predicted molar refractivity (Wildman–Crippen MR) is 89.4 cm³/mol. The summed E-state index contributed by atoms with van der Waals surface area (Å²) in [7, 11) is 1.88. The van der Waals surface area contributed by atoms with Crippen LogP contribution in [0.1, 0.15) is 29.4 Å². The molecule has 6 heteroatoms. The van der Waals surface area contributed by atoms with Gasteiger partial charge in [0.15, 0.2) is 0 Å². The lowest BCUT2D eigenvalue weighted by atomic mass is 10.1. The molecule has 4 rings (SSSR count). The Morgan fingerprint density at radius 3 is 2.91 bits per heavy atom. The molecule has 0 spiro atoms. The van der Waals surface area contributed by atoms with Gasteiger partial charge in [-0.15, -0.1) is 0 Å². The molecule has 0 bridgehead atoms. The van der Waals surface area contributed by atoms with Crippen LogP contribution in [0.4, 0.5) is 0 Å². The second kappa shape index (κ2) is 4.86. The predicted octanol–water partition coefficient (Wildman–Crippen LogP) is 3.22. The number of aryl methyl sites for hydroxylation is 1. The third-order valence-electron chi connectivity index (χ3n) is 4.69. The molecule has 1 aliphatic rings. The number of halogens is 1. The number of aromatic amines is 1. The Hall–Kier alpha value is -2.27. The number of carbonyl (C=O) groups is 1. The number of hydrogen-bond donors (Lipinski definition) is 2. The van der Waals surface area contributed by atoms with Gasteiger partial charge >= 0.3 is 0 Å². The van der Waals surface area contributed by atoms with Crippen LogP contribution in [0.25, 0.3) is 10.9 Å². The number of nitrogens with one attached hydrogen (secondary N) is 2. The molecule has 2 N–H and O–H groups in total. The largest absolute Gasteiger partial charge is 0.351 e. The minimum atomic E-state index is -0.305. The van der Waals surface area contributed by atoms with Crippen molar-refractivity contribution in [3.8, 4) is 0 Å². The van der Waals surface area contributed by atoms with Crippen molar-refractivity contribution in [3.63, 3.8) is 0 Å². The Morgan fingerprint density at radius 1 is 1.48 bits per heavy atom. The van der Waals surface area contributed by atoms with Gasteiger partial charge in [-0.1, -0.05) is 18.5 Å². The second-order valence-corrected chi connectivity index (χ2v) is 6.78. The zero-order valence-corrected chi connectivity index (χ0v) is 13.7. The maximum atomic E-state index is 12.7. The van der Waals surface area contributed by atoms with E-state index in [1.807, 2.05) is 43.7 Å². The molecule has 0 radical (unpaired) electrons. The minimum Gasteiger partial charge on any atom is -0.351 e. The average molecular weight is 329 g/mol. The first-order valence-electron chi connectivity index (χ1n) is 7.58. The third kappa shape index (κ3) is 2.32. The second-order valence-electron chi connectivity index (χ2n) is 6.35. The van der Waals surface area contributed by atoms with Crippen molar-refractivity contribution < 1.29 is 4.79 Å². The van der Waals surface area contributed by atoms with Crippen LogP contribution in [0, 0.1) is 5.92 Å². The first-order valence-corrected chi connectivity index (χ1v) is 7.96. The number of benzene rings is 1. The van der Waals surface area contributed by atoms with E-state index < -0.39 is 0 Å². The highest BCUT2D eigenvalue weighted by Crippen LogP contribution is 2.51. The molecule has 0 aliphatic heterocycles. The lowest BCUT2D eigenvalue weighted by Gasteiger charge is -2.16. The zero-order valence-electron chi connectivity index (χ0n) is 12.9. The number of amides is 1. The van der Waals surface area contributed by atoms with Crippen LogP contribution in [0.5, 0.6) is 0 Å². The van der Waals surface area contributed by atoms with Gasteiger partial charge in [0.1, 0.15) is 5.69 Å². The SMILES string of the molecule is C[C@H]1C[C@]1(NC(=O)c1cc2cc(Cl)ccc2[nH]1)c1cnn(C)c1. The number of fused-ring (bicyclic) bond motifs is 1.